The van der Waals surface area contributed by atoms with E-state index in [9.17, 15) is 14.3 Å². The Morgan fingerprint density at radius 1 is 1.26 bits per heavy atom. The van der Waals surface area contributed by atoms with Crippen molar-refractivity contribution < 1.29 is 14.3 Å². The standard InChI is InChI=1S/C21H28FN3O2/c1-4-6-10-21(5-2,14-26)25-20(27)16-9-11-23-13-19(16)24-18-8-7-15(3)12-17(18)22/h7-9,11-13,24,26H,4-6,10,14H2,1-3H3,(H,25,27). The Bertz CT molecular complexity index is 776. The van der Waals surface area contributed by atoms with Crippen LogP contribution in [0, 0.1) is 12.7 Å². The van der Waals surface area contributed by atoms with Gasteiger partial charge in [0.2, 0.25) is 0 Å². The van der Waals surface area contributed by atoms with Crippen LogP contribution in [0.25, 0.3) is 0 Å². The van der Waals surface area contributed by atoms with E-state index < -0.39 is 11.4 Å². The van der Waals surface area contributed by atoms with Crippen LogP contribution in [-0.4, -0.2) is 28.1 Å². The highest BCUT2D eigenvalue weighted by Crippen LogP contribution is 2.25. The number of aryl methyl sites for hydroxylation is 1. The van der Waals surface area contributed by atoms with E-state index in [1.165, 1.54) is 18.5 Å². The van der Waals surface area contributed by atoms with Crippen LogP contribution < -0.4 is 10.6 Å². The largest absolute Gasteiger partial charge is 0.394 e. The molecule has 5 nitrogen and oxygen atoms in total. The predicted molar refractivity (Wildman–Crippen MR) is 106 cm³/mol. The molecule has 1 unspecified atom stereocenters. The summed E-state index contributed by atoms with van der Waals surface area (Å²) in [5.41, 5.74) is 1.19. The molecule has 0 aliphatic carbocycles. The second-order valence-corrected chi connectivity index (χ2v) is 6.88. The molecule has 0 saturated carbocycles. The molecule has 0 bridgehead atoms. The Hall–Kier alpha value is -2.47. The molecule has 3 N–H and O–H groups in total. The van der Waals surface area contributed by atoms with Crippen molar-refractivity contribution in [2.75, 3.05) is 11.9 Å². The highest BCUT2D eigenvalue weighted by molar-refractivity contribution is 6.00. The Kier molecular flexibility index (Phi) is 7.30. The summed E-state index contributed by atoms with van der Waals surface area (Å²) in [4.78, 5) is 17.0. The fourth-order valence-corrected chi connectivity index (χ4v) is 2.94. The number of aliphatic hydroxyl groups is 1. The molecule has 2 rings (SSSR count). The topological polar surface area (TPSA) is 74.2 Å². The first-order chi connectivity index (χ1) is 12.9. The average Bonchev–Trinajstić information content (AvgIpc) is 2.67. The first-order valence-corrected chi connectivity index (χ1v) is 9.35. The van der Waals surface area contributed by atoms with Crippen molar-refractivity contribution in [2.24, 2.45) is 0 Å². The van der Waals surface area contributed by atoms with E-state index in [4.69, 9.17) is 0 Å². The second kappa shape index (κ2) is 9.46. The van der Waals surface area contributed by atoms with E-state index in [1.54, 1.807) is 18.2 Å². The zero-order valence-electron chi connectivity index (χ0n) is 16.2. The van der Waals surface area contributed by atoms with Gasteiger partial charge in [-0.3, -0.25) is 9.78 Å². The van der Waals surface area contributed by atoms with E-state index >= 15 is 0 Å². The third kappa shape index (κ3) is 5.26. The lowest BCUT2D eigenvalue weighted by atomic mass is 9.90. The number of benzene rings is 1. The van der Waals surface area contributed by atoms with Gasteiger partial charge in [-0.15, -0.1) is 0 Å². The van der Waals surface area contributed by atoms with Gasteiger partial charge in [-0.2, -0.15) is 0 Å². The molecule has 0 aliphatic heterocycles. The molecule has 6 heteroatoms. The van der Waals surface area contributed by atoms with Crippen LogP contribution in [0.5, 0.6) is 0 Å². The van der Waals surface area contributed by atoms with Crippen LogP contribution in [0.3, 0.4) is 0 Å². The number of unbranched alkanes of at least 4 members (excludes halogenated alkanes) is 1. The van der Waals surface area contributed by atoms with Crippen LogP contribution in [-0.2, 0) is 0 Å². The number of halogens is 1. The minimum Gasteiger partial charge on any atom is -0.394 e. The number of carbonyl (C=O) groups is 1. The van der Waals surface area contributed by atoms with E-state index in [2.05, 4.69) is 22.5 Å². The number of anilines is 2. The first kappa shape index (κ1) is 20.8. The van der Waals surface area contributed by atoms with Gasteiger partial charge in [-0.25, -0.2) is 4.39 Å². The van der Waals surface area contributed by atoms with Gasteiger partial charge in [0.25, 0.3) is 5.91 Å². The van der Waals surface area contributed by atoms with Crippen molar-refractivity contribution in [3.05, 3.63) is 53.6 Å². The van der Waals surface area contributed by atoms with E-state index in [0.717, 1.165) is 18.4 Å². The summed E-state index contributed by atoms with van der Waals surface area (Å²) in [5.74, 6) is -0.717. The Morgan fingerprint density at radius 3 is 2.67 bits per heavy atom. The van der Waals surface area contributed by atoms with Gasteiger partial charge < -0.3 is 15.7 Å². The third-order valence-corrected chi connectivity index (χ3v) is 4.83. The van der Waals surface area contributed by atoms with Crippen LogP contribution in [0.4, 0.5) is 15.8 Å². The number of nitrogens with one attached hydrogen (secondary N) is 2. The lowest BCUT2D eigenvalue weighted by Crippen LogP contribution is -2.51. The molecule has 27 heavy (non-hydrogen) atoms. The van der Waals surface area contributed by atoms with Gasteiger partial charge in [0.15, 0.2) is 0 Å². The van der Waals surface area contributed by atoms with Gasteiger partial charge >= 0.3 is 0 Å². The van der Waals surface area contributed by atoms with E-state index in [1.807, 2.05) is 13.8 Å². The number of pyridine rings is 1. The maximum Gasteiger partial charge on any atom is 0.254 e. The SMILES string of the molecule is CCCCC(CC)(CO)NC(=O)c1ccncc1Nc1ccc(C)cc1F. The summed E-state index contributed by atoms with van der Waals surface area (Å²) in [7, 11) is 0. The lowest BCUT2D eigenvalue weighted by Gasteiger charge is -2.32. The van der Waals surface area contributed by atoms with Crippen molar-refractivity contribution in [3.8, 4) is 0 Å². The van der Waals surface area contributed by atoms with Gasteiger partial charge in [0.1, 0.15) is 5.82 Å². The van der Waals surface area contributed by atoms with Gasteiger partial charge in [-0.1, -0.05) is 32.8 Å². The van der Waals surface area contributed by atoms with Crippen molar-refractivity contribution in [1.29, 1.82) is 0 Å². The molecule has 0 aliphatic rings. The molecule has 1 amide bonds. The molecule has 0 saturated heterocycles. The Labute approximate surface area is 160 Å². The number of hydrogen-bond donors (Lipinski definition) is 3. The van der Waals surface area contributed by atoms with Crippen molar-refractivity contribution in [1.82, 2.24) is 10.3 Å². The number of carbonyl (C=O) groups excluding carboxylic acids is 1. The summed E-state index contributed by atoms with van der Waals surface area (Å²) in [5, 5.41) is 15.8. The number of rotatable bonds is 9. The fourth-order valence-electron chi connectivity index (χ4n) is 2.94. The van der Waals surface area contributed by atoms with Gasteiger partial charge in [0, 0.05) is 6.20 Å². The molecule has 2 aromatic rings. The lowest BCUT2D eigenvalue weighted by molar-refractivity contribution is 0.0807. The summed E-state index contributed by atoms with van der Waals surface area (Å²) in [6, 6.07) is 6.43. The van der Waals surface area contributed by atoms with E-state index in [-0.39, 0.29) is 18.2 Å². The number of aromatic nitrogens is 1. The average molecular weight is 373 g/mol. The molecule has 146 valence electrons. The summed E-state index contributed by atoms with van der Waals surface area (Å²) < 4.78 is 14.2. The van der Waals surface area contributed by atoms with Gasteiger partial charge in [-0.05, 0) is 43.5 Å². The molecule has 0 fully saturated rings. The van der Waals surface area contributed by atoms with Gasteiger partial charge in [0.05, 0.1) is 35.3 Å². The highest BCUT2D eigenvalue weighted by Gasteiger charge is 2.29. The molecule has 1 heterocycles. The second-order valence-electron chi connectivity index (χ2n) is 6.88. The van der Waals surface area contributed by atoms with Crippen molar-refractivity contribution in [3.63, 3.8) is 0 Å². The fraction of sp³-hybridized carbons (Fsp3) is 0.429. The normalized spacial score (nSPS) is 13.1. The van der Waals surface area contributed by atoms with E-state index in [0.29, 0.717) is 24.1 Å². The zero-order valence-corrected chi connectivity index (χ0v) is 16.2. The maximum atomic E-state index is 14.2. The molecular formula is C21H28FN3O2. The number of hydrogen-bond acceptors (Lipinski definition) is 4. The molecular weight excluding hydrogens is 345 g/mol. The number of nitrogens with zero attached hydrogens (tertiary/aromatic N) is 1. The Morgan fingerprint density at radius 2 is 2.04 bits per heavy atom. The van der Waals surface area contributed by atoms with Crippen LogP contribution in [0.2, 0.25) is 0 Å². The molecule has 1 aromatic carbocycles. The van der Waals surface area contributed by atoms with Crippen LogP contribution in [0.15, 0.2) is 36.7 Å². The van der Waals surface area contributed by atoms with Crippen LogP contribution >= 0.6 is 0 Å². The van der Waals surface area contributed by atoms with Crippen molar-refractivity contribution in [2.45, 2.75) is 52.0 Å². The van der Waals surface area contributed by atoms with Crippen molar-refractivity contribution >= 4 is 17.3 Å². The predicted octanol–water partition coefficient (Wildman–Crippen LogP) is 4.33. The summed E-state index contributed by atoms with van der Waals surface area (Å²) in [6.45, 7) is 5.70. The summed E-state index contributed by atoms with van der Waals surface area (Å²) >= 11 is 0. The maximum absolute atomic E-state index is 14.2. The molecule has 0 radical (unpaired) electrons. The molecule has 1 atom stereocenters. The van der Waals surface area contributed by atoms with Crippen LogP contribution in [0.1, 0.15) is 55.5 Å². The minimum absolute atomic E-state index is 0.129. The Balaban J connectivity index is 2.26. The molecule has 0 spiro atoms. The monoisotopic (exact) mass is 373 g/mol. The number of aliphatic hydroxyl groups excluding tert-OH is 1. The molecule has 1 aromatic heterocycles. The zero-order chi connectivity index (χ0) is 19.9. The smallest absolute Gasteiger partial charge is 0.254 e. The minimum atomic E-state index is -0.664. The highest BCUT2D eigenvalue weighted by atomic mass is 19.1. The quantitative estimate of drug-likeness (QED) is 0.611. The number of amides is 1. The summed E-state index contributed by atoms with van der Waals surface area (Å²) in [6.07, 6.45) is 6.21. The third-order valence-electron chi connectivity index (χ3n) is 4.83. The first-order valence-electron chi connectivity index (χ1n) is 9.35.